The lowest BCUT2D eigenvalue weighted by Gasteiger charge is -2.13. The van der Waals surface area contributed by atoms with E-state index in [0.717, 1.165) is 22.2 Å². The molecule has 7 heteroatoms. The summed E-state index contributed by atoms with van der Waals surface area (Å²) in [6, 6.07) is 14.4. The van der Waals surface area contributed by atoms with Gasteiger partial charge < -0.3 is 5.32 Å². The second-order valence-corrected chi connectivity index (χ2v) is 7.66. The van der Waals surface area contributed by atoms with Crippen molar-refractivity contribution in [2.45, 2.75) is 25.7 Å². The van der Waals surface area contributed by atoms with E-state index in [1.807, 2.05) is 44.2 Å². The predicted molar refractivity (Wildman–Crippen MR) is 108 cm³/mol. The van der Waals surface area contributed by atoms with Crippen molar-refractivity contribution in [3.05, 3.63) is 77.4 Å². The minimum atomic E-state index is -0.671. The number of halogens is 1. The van der Waals surface area contributed by atoms with Crippen LogP contribution in [0.3, 0.4) is 0 Å². The van der Waals surface area contributed by atoms with E-state index in [4.69, 9.17) is 0 Å². The summed E-state index contributed by atoms with van der Waals surface area (Å²) in [7, 11) is 0. The van der Waals surface area contributed by atoms with Crippen molar-refractivity contribution in [1.29, 1.82) is 0 Å². The predicted octanol–water partition coefficient (Wildman–Crippen LogP) is 3.78. The van der Waals surface area contributed by atoms with Gasteiger partial charge in [-0.2, -0.15) is 14.8 Å². The van der Waals surface area contributed by atoms with Crippen LogP contribution in [-0.4, -0.2) is 25.7 Å². The second-order valence-electron chi connectivity index (χ2n) is 7.66. The largest absolute Gasteiger partial charge is 0.310 e. The molecular weight excluding hydrogens is 369 g/mol. The summed E-state index contributed by atoms with van der Waals surface area (Å²) in [5.74, 6) is 0.493. The zero-order valence-corrected chi connectivity index (χ0v) is 16.0. The molecule has 5 rings (SSSR count). The molecule has 0 atom stereocenters. The standard InChI is InChI=1S/C22H18FN5O/c1-22(2)15-12-24-21(26-19(15)25-20(22)29)28-18-10-6-4-8-14(18)17(27-28)11-13-7-3-5-9-16(13)23/h3-10,12H,11H2,1-2H3,(H,24,25,26,29). The molecule has 6 nitrogen and oxygen atoms in total. The molecule has 0 spiro atoms. The van der Waals surface area contributed by atoms with Crippen LogP contribution in [0.1, 0.15) is 30.7 Å². The van der Waals surface area contributed by atoms with Crippen molar-refractivity contribution in [3.8, 4) is 5.95 Å². The SMILES string of the molecule is CC1(C)C(=O)Nc2nc(-n3nc(Cc4ccccc4F)c4ccccc43)ncc21. The van der Waals surface area contributed by atoms with E-state index < -0.39 is 5.41 Å². The van der Waals surface area contributed by atoms with Gasteiger partial charge in [-0.25, -0.2) is 9.37 Å². The molecule has 1 amide bonds. The van der Waals surface area contributed by atoms with Gasteiger partial charge >= 0.3 is 0 Å². The molecule has 0 radical (unpaired) electrons. The van der Waals surface area contributed by atoms with Crippen molar-refractivity contribution in [2.75, 3.05) is 5.32 Å². The number of amides is 1. The smallest absolute Gasteiger partial charge is 0.253 e. The van der Waals surface area contributed by atoms with Crippen LogP contribution < -0.4 is 5.32 Å². The molecular formula is C22H18FN5O. The van der Waals surface area contributed by atoms with Gasteiger partial charge in [0.1, 0.15) is 11.6 Å². The Morgan fingerprint density at radius 2 is 1.86 bits per heavy atom. The van der Waals surface area contributed by atoms with Crippen molar-refractivity contribution < 1.29 is 9.18 Å². The van der Waals surface area contributed by atoms with Gasteiger partial charge in [0, 0.05) is 23.6 Å². The maximum absolute atomic E-state index is 14.2. The van der Waals surface area contributed by atoms with Crippen LogP contribution in [0.2, 0.25) is 0 Å². The highest BCUT2D eigenvalue weighted by Gasteiger charge is 2.40. The summed E-state index contributed by atoms with van der Waals surface area (Å²) in [6.45, 7) is 3.68. The average Bonchev–Trinajstić information content (AvgIpc) is 3.18. The highest BCUT2D eigenvalue weighted by Crippen LogP contribution is 2.36. The summed E-state index contributed by atoms with van der Waals surface area (Å²) in [4.78, 5) is 21.2. The van der Waals surface area contributed by atoms with Gasteiger partial charge in [0.2, 0.25) is 5.91 Å². The van der Waals surface area contributed by atoms with Crippen LogP contribution in [0.5, 0.6) is 0 Å². The highest BCUT2D eigenvalue weighted by molar-refractivity contribution is 6.04. The molecule has 144 valence electrons. The van der Waals surface area contributed by atoms with Crippen LogP contribution >= 0.6 is 0 Å². The average molecular weight is 387 g/mol. The Kier molecular flexibility index (Phi) is 3.74. The fourth-order valence-corrected chi connectivity index (χ4v) is 3.65. The van der Waals surface area contributed by atoms with E-state index in [-0.39, 0.29) is 11.7 Å². The molecule has 29 heavy (non-hydrogen) atoms. The number of fused-ring (bicyclic) bond motifs is 2. The molecule has 1 aliphatic heterocycles. The Bertz CT molecular complexity index is 1280. The number of para-hydroxylation sites is 1. The Morgan fingerprint density at radius 3 is 2.69 bits per heavy atom. The normalized spacial score (nSPS) is 14.8. The van der Waals surface area contributed by atoms with Crippen molar-refractivity contribution in [1.82, 2.24) is 19.7 Å². The fraction of sp³-hybridized carbons (Fsp3) is 0.182. The molecule has 4 aromatic rings. The Hall–Kier alpha value is -3.61. The van der Waals surface area contributed by atoms with Crippen molar-refractivity contribution in [2.24, 2.45) is 0 Å². The number of aromatic nitrogens is 4. The minimum Gasteiger partial charge on any atom is -0.310 e. The first-order valence-electron chi connectivity index (χ1n) is 9.34. The molecule has 1 N–H and O–H groups in total. The van der Waals surface area contributed by atoms with Crippen LogP contribution in [0, 0.1) is 5.82 Å². The van der Waals surface area contributed by atoms with Crippen LogP contribution in [0.4, 0.5) is 10.2 Å². The van der Waals surface area contributed by atoms with Crippen LogP contribution in [0.15, 0.2) is 54.7 Å². The first-order valence-corrected chi connectivity index (χ1v) is 9.34. The third kappa shape index (κ3) is 2.69. The van der Waals surface area contributed by atoms with E-state index in [1.165, 1.54) is 6.07 Å². The maximum atomic E-state index is 14.2. The molecule has 0 bridgehead atoms. The number of benzene rings is 2. The Labute approximate surface area is 166 Å². The highest BCUT2D eigenvalue weighted by atomic mass is 19.1. The number of nitrogens with one attached hydrogen (secondary N) is 1. The summed E-state index contributed by atoms with van der Waals surface area (Å²) in [5, 5.41) is 8.42. The number of carbonyl (C=O) groups excluding carboxylic acids is 1. The summed E-state index contributed by atoms with van der Waals surface area (Å²) >= 11 is 0. The molecule has 0 saturated heterocycles. The topological polar surface area (TPSA) is 72.7 Å². The lowest BCUT2D eigenvalue weighted by molar-refractivity contribution is -0.119. The van der Waals surface area contributed by atoms with E-state index in [1.54, 1.807) is 23.0 Å². The minimum absolute atomic E-state index is 0.107. The zero-order valence-electron chi connectivity index (χ0n) is 16.0. The molecule has 0 saturated carbocycles. The summed E-state index contributed by atoms with van der Waals surface area (Å²) in [6.07, 6.45) is 2.03. The van der Waals surface area contributed by atoms with Crippen molar-refractivity contribution >= 4 is 22.6 Å². The van der Waals surface area contributed by atoms with Gasteiger partial charge in [-0.1, -0.05) is 36.4 Å². The Morgan fingerprint density at radius 1 is 1.10 bits per heavy atom. The van der Waals surface area contributed by atoms with Crippen LogP contribution in [0.25, 0.3) is 16.9 Å². The fourth-order valence-electron chi connectivity index (χ4n) is 3.65. The van der Waals surface area contributed by atoms with Gasteiger partial charge in [0.05, 0.1) is 16.6 Å². The van der Waals surface area contributed by atoms with Gasteiger partial charge in [-0.3, -0.25) is 4.79 Å². The first-order chi connectivity index (χ1) is 13.9. The Balaban J connectivity index is 1.63. The molecule has 1 aliphatic rings. The zero-order chi connectivity index (χ0) is 20.2. The number of anilines is 1. The third-order valence-corrected chi connectivity index (χ3v) is 5.42. The number of hydrogen-bond donors (Lipinski definition) is 1. The number of hydrogen-bond acceptors (Lipinski definition) is 4. The summed E-state index contributed by atoms with van der Waals surface area (Å²) in [5.41, 5.74) is 2.22. The lowest BCUT2D eigenvalue weighted by atomic mass is 9.88. The van der Waals surface area contributed by atoms with E-state index >= 15 is 0 Å². The summed E-state index contributed by atoms with van der Waals surface area (Å²) < 4.78 is 15.8. The second kappa shape index (κ2) is 6.20. The van der Waals surface area contributed by atoms with E-state index in [9.17, 15) is 9.18 Å². The molecule has 0 aliphatic carbocycles. The van der Waals surface area contributed by atoms with Crippen molar-refractivity contribution in [3.63, 3.8) is 0 Å². The molecule has 2 aromatic heterocycles. The number of nitrogens with zero attached hydrogens (tertiary/aromatic N) is 4. The number of carbonyl (C=O) groups is 1. The van der Waals surface area contributed by atoms with E-state index in [0.29, 0.717) is 23.8 Å². The van der Waals surface area contributed by atoms with Gasteiger partial charge in [-0.05, 0) is 31.5 Å². The molecule has 3 heterocycles. The van der Waals surface area contributed by atoms with Gasteiger partial charge in [-0.15, -0.1) is 0 Å². The van der Waals surface area contributed by atoms with Crippen LogP contribution in [-0.2, 0) is 16.6 Å². The molecule has 0 unspecified atom stereocenters. The third-order valence-electron chi connectivity index (χ3n) is 5.42. The molecule has 2 aromatic carbocycles. The van der Waals surface area contributed by atoms with Gasteiger partial charge in [0.15, 0.2) is 0 Å². The van der Waals surface area contributed by atoms with E-state index in [2.05, 4.69) is 20.4 Å². The van der Waals surface area contributed by atoms with Gasteiger partial charge in [0.25, 0.3) is 5.95 Å². The lowest BCUT2D eigenvalue weighted by Crippen LogP contribution is -2.26. The molecule has 0 fully saturated rings. The maximum Gasteiger partial charge on any atom is 0.253 e. The quantitative estimate of drug-likeness (QED) is 0.581. The first kappa shape index (κ1) is 17.5. The monoisotopic (exact) mass is 387 g/mol. The number of rotatable bonds is 3.